The third kappa shape index (κ3) is 3.86. The highest BCUT2D eigenvalue weighted by Crippen LogP contribution is 2.25. The molecule has 0 saturated carbocycles. The summed E-state index contributed by atoms with van der Waals surface area (Å²) in [5.41, 5.74) is 6.99. The molecule has 5 nitrogen and oxygen atoms in total. The van der Waals surface area contributed by atoms with Gasteiger partial charge in [-0.1, -0.05) is 0 Å². The molecule has 1 aromatic rings. The van der Waals surface area contributed by atoms with Gasteiger partial charge in [-0.2, -0.15) is 0 Å². The molecule has 3 N–H and O–H groups in total. The topological polar surface area (TPSA) is 73.6 Å². The minimum absolute atomic E-state index is 0.0138. The van der Waals surface area contributed by atoms with Gasteiger partial charge in [-0.25, -0.2) is 0 Å². The molecule has 1 unspecified atom stereocenters. The summed E-state index contributed by atoms with van der Waals surface area (Å²) in [7, 11) is 1.56. The highest BCUT2D eigenvalue weighted by molar-refractivity contribution is 5.91. The van der Waals surface area contributed by atoms with Crippen LogP contribution in [-0.2, 0) is 9.53 Å². The molecule has 0 aliphatic carbocycles. The molecule has 1 heterocycles. The van der Waals surface area contributed by atoms with Gasteiger partial charge in [0.15, 0.2) is 0 Å². The van der Waals surface area contributed by atoms with Gasteiger partial charge in [0.25, 0.3) is 0 Å². The Kier molecular flexibility index (Phi) is 4.63. The summed E-state index contributed by atoms with van der Waals surface area (Å²) in [6.07, 6.45) is 3.64. The molecule has 0 bridgehead atoms. The van der Waals surface area contributed by atoms with E-state index < -0.39 is 0 Å². The monoisotopic (exact) mass is 264 g/mol. The number of nitrogens with two attached hydrogens (primary N) is 1. The van der Waals surface area contributed by atoms with Crippen molar-refractivity contribution in [1.29, 1.82) is 0 Å². The van der Waals surface area contributed by atoms with Crippen LogP contribution < -0.4 is 15.8 Å². The Morgan fingerprint density at radius 2 is 2.42 bits per heavy atom. The maximum atomic E-state index is 11.8. The average molecular weight is 264 g/mol. The molecule has 5 heteroatoms. The van der Waals surface area contributed by atoms with E-state index in [2.05, 4.69) is 5.32 Å². The summed E-state index contributed by atoms with van der Waals surface area (Å²) in [6.45, 7) is 0.821. The van der Waals surface area contributed by atoms with E-state index >= 15 is 0 Å². The molecule has 1 fully saturated rings. The second kappa shape index (κ2) is 6.43. The minimum atomic E-state index is -0.0138. The van der Waals surface area contributed by atoms with Crippen LogP contribution in [0.4, 0.5) is 11.4 Å². The van der Waals surface area contributed by atoms with Gasteiger partial charge in [0.05, 0.1) is 18.9 Å². The van der Waals surface area contributed by atoms with Crippen LogP contribution in [0.5, 0.6) is 5.75 Å². The van der Waals surface area contributed by atoms with Gasteiger partial charge in [0.1, 0.15) is 5.75 Å². The molecule has 1 aliphatic heterocycles. The molecule has 19 heavy (non-hydrogen) atoms. The van der Waals surface area contributed by atoms with Crippen LogP contribution in [0.25, 0.3) is 0 Å². The summed E-state index contributed by atoms with van der Waals surface area (Å²) in [4.78, 5) is 11.8. The maximum Gasteiger partial charge on any atom is 0.224 e. The molecule has 0 spiro atoms. The lowest BCUT2D eigenvalue weighted by Crippen LogP contribution is -2.15. The van der Waals surface area contributed by atoms with Gasteiger partial charge < -0.3 is 20.5 Å². The predicted octanol–water partition coefficient (Wildman–Crippen LogP) is 2.18. The Bertz CT molecular complexity index is 442. The predicted molar refractivity (Wildman–Crippen MR) is 74.2 cm³/mol. The third-order valence-corrected chi connectivity index (χ3v) is 3.23. The molecule has 2 rings (SSSR count). The zero-order valence-electron chi connectivity index (χ0n) is 11.1. The highest BCUT2D eigenvalue weighted by atomic mass is 16.5. The van der Waals surface area contributed by atoms with Crippen molar-refractivity contribution in [2.75, 3.05) is 24.8 Å². The number of benzene rings is 1. The fourth-order valence-corrected chi connectivity index (χ4v) is 2.20. The third-order valence-electron chi connectivity index (χ3n) is 3.23. The van der Waals surface area contributed by atoms with E-state index in [4.69, 9.17) is 15.2 Å². The summed E-state index contributed by atoms with van der Waals surface area (Å²) >= 11 is 0. The highest BCUT2D eigenvalue weighted by Gasteiger charge is 2.16. The molecule has 0 radical (unpaired) electrons. The van der Waals surface area contributed by atoms with Crippen molar-refractivity contribution in [2.24, 2.45) is 0 Å². The fraction of sp³-hybridized carbons (Fsp3) is 0.500. The van der Waals surface area contributed by atoms with Crippen LogP contribution in [0.15, 0.2) is 18.2 Å². The lowest BCUT2D eigenvalue weighted by atomic mass is 10.1. The van der Waals surface area contributed by atoms with Crippen molar-refractivity contribution in [3.8, 4) is 5.75 Å². The largest absolute Gasteiger partial charge is 0.495 e. The Morgan fingerprint density at radius 1 is 1.58 bits per heavy atom. The van der Waals surface area contributed by atoms with Crippen LogP contribution >= 0.6 is 0 Å². The molecule has 104 valence electrons. The van der Waals surface area contributed by atoms with Crippen molar-refractivity contribution in [2.45, 2.75) is 31.8 Å². The smallest absolute Gasteiger partial charge is 0.224 e. The number of amides is 1. The lowest BCUT2D eigenvalue weighted by molar-refractivity contribution is -0.116. The van der Waals surface area contributed by atoms with E-state index in [9.17, 15) is 4.79 Å². The minimum Gasteiger partial charge on any atom is -0.495 e. The normalized spacial score (nSPS) is 18.3. The Hall–Kier alpha value is -1.75. The number of methoxy groups -OCH3 is 1. The Balaban J connectivity index is 1.82. The number of nitrogen functional groups attached to an aromatic ring is 1. The van der Waals surface area contributed by atoms with Crippen molar-refractivity contribution in [3.05, 3.63) is 18.2 Å². The summed E-state index contributed by atoms with van der Waals surface area (Å²) in [5, 5.41) is 2.83. The van der Waals surface area contributed by atoms with Crippen molar-refractivity contribution < 1.29 is 14.3 Å². The first-order chi connectivity index (χ1) is 9.19. The van der Waals surface area contributed by atoms with Crippen molar-refractivity contribution >= 4 is 17.3 Å². The summed E-state index contributed by atoms with van der Waals surface area (Å²) < 4.78 is 10.6. The quantitative estimate of drug-likeness (QED) is 0.799. The van der Waals surface area contributed by atoms with Crippen LogP contribution in [0.1, 0.15) is 25.7 Å². The van der Waals surface area contributed by atoms with E-state index in [1.807, 2.05) is 0 Å². The first kappa shape index (κ1) is 13.7. The van der Waals surface area contributed by atoms with Crippen molar-refractivity contribution in [1.82, 2.24) is 0 Å². The number of carbonyl (C=O) groups excluding carboxylic acids is 1. The molecule has 0 aromatic heterocycles. The Morgan fingerprint density at radius 3 is 3.05 bits per heavy atom. The lowest BCUT2D eigenvalue weighted by Gasteiger charge is -2.10. The molecule has 1 aliphatic rings. The number of nitrogens with one attached hydrogen (secondary N) is 1. The molecule has 1 atom stereocenters. The van der Waals surface area contributed by atoms with Gasteiger partial charge in [-0.3, -0.25) is 4.79 Å². The maximum absolute atomic E-state index is 11.8. The van der Waals surface area contributed by atoms with Gasteiger partial charge in [0.2, 0.25) is 5.91 Å². The number of hydrogen-bond donors (Lipinski definition) is 2. The van der Waals surface area contributed by atoms with Crippen LogP contribution in [0.3, 0.4) is 0 Å². The van der Waals surface area contributed by atoms with E-state index in [0.29, 0.717) is 23.5 Å². The van der Waals surface area contributed by atoms with E-state index in [0.717, 1.165) is 25.9 Å². The number of rotatable bonds is 5. The zero-order valence-corrected chi connectivity index (χ0v) is 11.1. The second-order valence-corrected chi connectivity index (χ2v) is 4.68. The number of carbonyl (C=O) groups is 1. The van der Waals surface area contributed by atoms with E-state index in [-0.39, 0.29) is 12.0 Å². The van der Waals surface area contributed by atoms with Gasteiger partial charge in [-0.15, -0.1) is 0 Å². The van der Waals surface area contributed by atoms with Crippen LogP contribution in [-0.4, -0.2) is 25.7 Å². The Labute approximate surface area is 113 Å². The van der Waals surface area contributed by atoms with Crippen molar-refractivity contribution in [3.63, 3.8) is 0 Å². The molecule has 1 aromatic carbocycles. The zero-order chi connectivity index (χ0) is 13.7. The van der Waals surface area contributed by atoms with Crippen LogP contribution in [0, 0.1) is 0 Å². The summed E-state index contributed by atoms with van der Waals surface area (Å²) in [5.74, 6) is 0.595. The molecule has 1 amide bonds. The number of ether oxygens (including phenoxy) is 2. The van der Waals surface area contributed by atoms with Crippen LogP contribution in [0.2, 0.25) is 0 Å². The fourth-order valence-electron chi connectivity index (χ4n) is 2.20. The summed E-state index contributed by atoms with van der Waals surface area (Å²) in [6, 6.07) is 5.22. The number of anilines is 2. The average Bonchev–Trinajstić information content (AvgIpc) is 2.90. The van der Waals surface area contributed by atoms with Gasteiger partial charge >= 0.3 is 0 Å². The van der Waals surface area contributed by atoms with E-state index in [1.165, 1.54) is 0 Å². The standard InChI is InChI=1S/C14H20N2O3/c1-18-13-6-4-10(9-12(13)15)16-14(17)7-5-11-3-2-8-19-11/h4,6,9,11H,2-3,5,7-8,15H2,1H3,(H,16,17). The van der Waals surface area contributed by atoms with E-state index in [1.54, 1.807) is 25.3 Å². The molecule has 1 saturated heterocycles. The van der Waals surface area contributed by atoms with Gasteiger partial charge in [-0.05, 0) is 37.5 Å². The first-order valence-electron chi connectivity index (χ1n) is 6.54. The SMILES string of the molecule is COc1ccc(NC(=O)CCC2CCCO2)cc1N. The molecular weight excluding hydrogens is 244 g/mol. The second-order valence-electron chi connectivity index (χ2n) is 4.68. The first-order valence-corrected chi connectivity index (χ1v) is 6.54. The van der Waals surface area contributed by atoms with Gasteiger partial charge in [0, 0.05) is 18.7 Å². The molecular formula is C14H20N2O3. The number of hydrogen-bond acceptors (Lipinski definition) is 4.